The molecule has 12 heteroatoms. The molecule has 0 aromatic heterocycles. The Balaban J connectivity index is 2.07. The number of benzene rings is 1. The van der Waals surface area contributed by atoms with Crippen molar-refractivity contribution in [2.75, 3.05) is 6.61 Å². The largest absolute Gasteiger partial charge is 0.465 e. The summed E-state index contributed by atoms with van der Waals surface area (Å²) in [5.41, 5.74) is -6.85. The molecule has 1 N–H and O–H groups in total. The van der Waals surface area contributed by atoms with Gasteiger partial charge in [-0.15, -0.1) is 0 Å². The average Bonchev–Trinajstić information content (AvgIpc) is 3.19. The number of esters is 5. The molecule has 0 radical (unpaired) electrons. The topological polar surface area (TPSA) is 161 Å². The first kappa shape index (κ1) is 37.3. The summed E-state index contributed by atoms with van der Waals surface area (Å²) in [6, 6.07) is 8.24. The summed E-state index contributed by atoms with van der Waals surface area (Å²) < 4.78 is 37.4. The van der Waals surface area contributed by atoms with E-state index in [1.807, 2.05) is 13.8 Å². The van der Waals surface area contributed by atoms with E-state index in [4.69, 9.17) is 28.4 Å². The van der Waals surface area contributed by atoms with Crippen LogP contribution in [0.25, 0.3) is 0 Å². The zero-order valence-corrected chi connectivity index (χ0v) is 29.4. The summed E-state index contributed by atoms with van der Waals surface area (Å²) in [6.07, 6.45) is -4.71. The second-order valence-corrected chi connectivity index (χ2v) is 14.3. The quantitative estimate of drug-likeness (QED) is 0.262. The molecular weight excluding hydrogens is 624 g/mol. The molecule has 1 spiro atoms. The minimum atomic E-state index is -2.01. The predicted octanol–water partition coefficient (Wildman–Crippen LogP) is 4.33. The van der Waals surface area contributed by atoms with Gasteiger partial charge in [0.05, 0.1) is 28.6 Å². The summed E-state index contributed by atoms with van der Waals surface area (Å²) in [6.45, 7) is 13.8. The van der Waals surface area contributed by atoms with Gasteiger partial charge in [0, 0.05) is 26.2 Å². The van der Waals surface area contributed by atoms with E-state index in [2.05, 4.69) is 0 Å². The lowest BCUT2D eigenvalue weighted by Crippen LogP contribution is -2.83. The molecular formula is C36H50O12. The fourth-order valence-electron chi connectivity index (χ4n) is 7.83. The normalized spacial score (nSPS) is 34.5. The van der Waals surface area contributed by atoms with Gasteiger partial charge in [-0.25, -0.2) is 4.79 Å². The molecule has 2 unspecified atom stereocenters. The monoisotopic (exact) mass is 674 g/mol. The molecule has 2 aliphatic carbocycles. The van der Waals surface area contributed by atoms with Crippen molar-refractivity contribution < 1.29 is 57.5 Å². The van der Waals surface area contributed by atoms with Gasteiger partial charge in [-0.1, -0.05) is 45.9 Å². The first-order valence-corrected chi connectivity index (χ1v) is 16.8. The van der Waals surface area contributed by atoms with Crippen LogP contribution in [0.3, 0.4) is 0 Å². The molecule has 1 saturated heterocycles. The van der Waals surface area contributed by atoms with E-state index >= 15 is 0 Å². The standard InChI is InChI=1S/C36H50O12/c1-10-20(3)30(39)45-26-18-34(9,42)36-28(44-23(6)38)25(33(7,8)48-36)17-27(46-32(41)24-15-13-12-14-16-24)35(36,19-43-22(5)37)29(26)47-31(40)21(4)11-2/h12-16,20-21,25-29,42H,10-11,17-19H2,1-9H3/t20?,21?,25-,26+,27+,28-,29+,34+,35-,36+/m1/s1. The molecule has 48 heavy (non-hydrogen) atoms. The summed E-state index contributed by atoms with van der Waals surface area (Å²) in [5.74, 6) is -5.16. The molecule has 1 aromatic carbocycles. The molecule has 2 saturated carbocycles. The molecule has 2 bridgehead atoms. The van der Waals surface area contributed by atoms with Gasteiger partial charge < -0.3 is 33.5 Å². The number of carbonyl (C=O) groups is 5. The van der Waals surface area contributed by atoms with Gasteiger partial charge in [0.25, 0.3) is 0 Å². The van der Waals surface area contributed by atoms with Crippen LogP contribution in [0.4, 0.5) is 0 Å². The third-order valence-corrected chi connectivity index (χ3v) is 10.7. The van der Waals surface area contributed by atoms with Crippen LogP contribution in [-0.2, 0) is 47.6 Å². The number of rotatable bonds is 11. The number of hydrogen-bond acceptors (Lipinski definition) is 12. The van der Waals surface area contributed by atoms with Crippen molar-refractivity contribution in [2.24, 2.45) is 23.2 Å². The zero-order valence-electron chi connectivity index (χ0n) is 29.4. The molecule has 1 heterocycles. The molecule has 3 fully saturated rings. The predicted molar refractivity (Wildman–Crippen MR) is 170 cm³/mol. The molecule has 1 aliphatic heterocycles. The van der Waals surface area contributed by atoms with Gasteiger partial charge in [-0.05, 0) is 52.2 Å². The molecule has 266 valence electrons. The van der Waals surface area contributed by atoms with Crippen LogP contribution in [0.1, 0.15) is 98.4 Å². The number of carbonyl (C=O) groups excluding carboxylic acids is 5. The van der Waals surface area contributed by atoms with Crippen LogP contribution in [0.5, 0.6) is 0 Å². The van der Waals surface area contributed by atoms with Crippen molar-refractivity contribution in [3.63, 3.8) is 0 Å². The minimum Gasteiger partial charge on any atom is -0.465 e. The van der Waals surface area contributed by atoms with Crippen LogP contribution in [0.2, 0.25) is 0 Å². The second kappa shape index (κ2) is 13.8. The van der Waals surface area contributed by atoms with Gasteiger partial charge >= 0.3 is 29.8 Å². The Kier molecular flexibility index (Phi) is 10.7. The van der Waals surface area contributed by atoms with Crippen LogP contribution in [0, 0.1) is 23.2 Å². The second-order valence-electron chi connectivity index (χ2n) is 14.3. The van der Waals surface area contributed by atoms with Crippen molar-refractivity contribution in [3.8, 4) is 0 Å². The molecule has 10 atom stereocenters. The van der Waals surface area contributed by atoms with Crippen LogP contribution in [-0.4, -0.2) is 82.8 Å². The Morgan fingerprint density at radius 2 is 1.44 bits per heavy atom. The van der Waals surface area contributed by atoms with Gasteiger partial charge in [0.2, 0.25) is 0 Å². The number of aliphatic hydroxyl groups is 1. The molecule has 12 nitrogen and oxygen atoms in total. The first-order chi connectivity index (χ1) is 22.4. The van der Waals surface area contributed by atoms with E-state index < -0.39 is 101 Å². The number of ether oxygens (including phenoxy) is 6. The highest BCUT2D eigenvalue weighted by atomic mass is 16.6. The van der Waals surface area contributed by atoms with E-state index in [-0.39, 0.29) is 18.4 Å². The smallest absolute Gasteiger partial charge is 0.338 e. The Morgan fingerprint density at radius 3 is 1.98 bits per heavy atom. The molecule has 1 aromatic rings. The fraction of sp³-hybridized carbons (Fsp3) is 0.694. The number of hydrogen-bond donors (Lipinski definition) is 1. The highest BCUT2D eigenvalue weighted by Crippen LogP contribution is 2.69. The van der Waals surface area contributed by atoms with Crippen molar-refractivity contribution >= 4 is 29.8 Å². The van der Waals surface area contributed by atoms with Crippen molar-refractivity contribution in [1.82, 2.24) is 0 Å². The van der Waals surface area contributed by atoms with Crippen molar-refractivity contribution in [1.29, 1.82) is 0 Å². The summed E-state index contributed by atoms with van der Waals surface area (Å²) in [4.78, 5) is 66.4. The highest BCUT2D eigenvalue weighted by Gasteiger charge is 2.86. The lowest BCUT2D eigenvalue weighted by molar-refractivity contribution is -0.356. The maximum atomic E-state index is 13.8. The van der Waals surface area contributed by atoms with Crippen LogP contribution in [0.15, 0.2) is 30.3 Å². The summed E-state index contributed by atoms with van der Waals surface area (Å²) in [5, 5.41) is 12.7. The minimum absolute atomic E-state index is 0.00791. The van der Waals surface area contributed by atoms with E-state index in [1.54, 1.807) is 58.0 Å². The van der Waals surface area contributed by atoms with Crippen molar-refractivity contribution in [3.05, 3.63) is 35.9 Å². The average molecular weight is 675 g/mol. The molecule has 0 amide bonds. The van der Waals surface area contributed by atoms with Crippen molar-refractivity contribution in [2.45, 2.75) is 129 Å². The van der Waals surface area contributed by atoms with E-state index in [9.17, 15) is 29.1 Å². The summed E-state index contributed by atoms with van der Waals surface area (Å²) in [7, 11) is 0. The zero-order chi connectivity index (χ0) is 35.8. The Bertz CT molecular complexity index is 1390. The Morgan fingerprint density at radius 1 is 0.854 bits per heavy atom. The lowest BCUT2D eigenvalue weighted by Gasteiger charge is -2.65. The first-order valence-electron chi connectivity index (χ1n) is 16.8. The van der Waals surface area contributed by atoms with E-state index in [0.717, 1.165) is 0 Å². The Labute approximate surface area is 282 Å². The molecule has 4 rings (SSSR count). The third kappa shape index (κ3) is 6.33. The van der Waals surface area contributed by atoms with Gasteiger partial charge in [0.15, 0.2) is 11.7 Å². The summed E-state index contributed by atoms with van der Waals surface area (Å²) >= 11 is 0. The number of fused-ring (bicyclic) bond motifs is 1. The SMILES string of the molecule is CCC(C)C(=O)O[C@H]1C[C@](C)(O)[C@]23OC(C)(C)[C@H](C[C@H](OC(=O)c4ccccc4)[C@]2(COC(C)=O)[C@H]1OC(=O)C(C)CC)[C@H]3OC(C)=O. The maximum absolute atomic E-state index is 13.8. The fourth-order valence-corrected chi connectivity index (χ4v) is 7.83. The van der Waals surface area contributed by atoms with Gasteiger partial charge in [0.1, 0.15) is 30.3 Å². The molecule has 3 aliphatic rings. The van der Waals surface area contributed by atoms with E-state index in [0.29, 0.717) is 12.8 Å². The highest BCUT2D eigenvalue weighted by molar-refractivity contribution is 5.89. The van der Waals surface area contributed by atoms with Gasteiger partial charge in [-0.2, -0.15) is 0 Å². The third-order valence-electron chi connectivity index (χ3n) is 10.7. The lowest BCUT2D eigenvalue weighted by atomic mass is 9.46. The van der Waals surface area contributed by atoms with Crippen LogP contribution < -0.4 is 0 Å². The van der Waals surface area contributed by atoms with Crippen LogP contribution >= 0.6 is 0 Å². The maximum Gasteiger partial charge on any atom is 0.338 e. The van der Waals surface area contributed by atoms with Gasteiger partial charge in [-0.3, -0.25) is 19.2 Å². The van der Waals surface area contributed by atoms with E-state index in [1.165, 1.54) is 20.8 Å². The Hall–Kier alpha value is -3.51.